The Morgan fingerprint density at radius 3 is 2.72 bits per heavy atom. The fraction of sp³-hybridized carbons (Fsp3) is 0.227. The molecule has 3 N–H and O–H groups in total. The van der Waals surface area contributed by atoms with E-state index in [1.807, 2.05) is 55.4 Å². The minimum Gasteiger partial charge on any atom is -0.354 e. The second-order valence-electron chi connectivity index (χ2n) is 7.38. The molecule has 1 aliphatic rings. The molecule has 0 radical (unpaired) electrons. The van der Waals surface area contributed by atoms with Crippen LogP contribution in [0.5, 0.6) is 0 Å². The molecule has 3 aromatic rings. The largest absolute Gasteiger partial charge is 0.354 e. The minimum absolute atomic E-state index is 0.0706. The average Bonchev–Trinajstić information content (AvgIpc) is 2.97. The van der Waals surface area contributed by atoms with E-state index in [0.717, 1.165) is 40.7 Å². The first-order valence-electron chi connectivity index (χ1n) is 9.56. The second-order valence-corrected chi connectivity index (χ2v) is 7.38. The molecule has 0 saturated heterocycles. The molecule has 29 heavy (non-hydrogen) atoms. The van der Waals surface area contributed by atoms with Crippen molar-refractivity contribution in [3.05, 3.63) is 53.6 Å². The number of hydrogen-bond acceptors (Lipinski definition) is 4. The van der Waals surface area contributed by atoms with Crippen LogP contribution in [0.3, 0.4) is 0 Å². The fourth-order valence-electron chi connectivity index (χ4n) is 3.57. The Morgan fingerprint density at radius 2 is 1.97 bits per heavy atom. The lowest BCUT2D eigenvalue weighted by Crippen LogP contribution is -2.18. The summed E-state index contributed by atoms with van der Waals surface area (Å²) in [6, 6.07) is 13.5. The van der Waals surface area contributed by atoms with Gasteiger partial charge in [0, 0.05) is 28.6 Å². The summed E-state index contributed by atoms with van der Waals surface area (Å²) in [6.45, 7) is 0.845. The van der Waals surface area contributed by atoms with Crippen LogP contribution in [0.15, 0.2) is 47.6 Å². The number of aromatic amines is 1. The van der Waals surface area contributed by atoms with Gasteiger partial charge in [0.1, 0.15) is 0 Å². The molecular weight excluding hydrogens is 366 g/mol. The van der Waals surface area contributed by atoms with Crippen LogP contribution in [0.25, 0.3) is 22.2 Å². The molecule has 7 nitrogen and oxygen atoms in total. The van der Waals surface area contributed by atoms with Crippen molar-refractivity contribution in [1.82, 2.24) is 15.3 Å². The molecule has 0 atom stereocenters. The lowest BCUT2D eigenvalue weighted by molar-refractivity contribution is -0.116. The lowest BCUT2D eigenvalue weighted by atomic mass is 10.0. The number of hydrazone groups is 1. The number of carbonyl (C=O) groups is 2. The van der Waals surface area contributed by atoms with Crippen LogP contribution in [0.2, 0.25) is 0 Å². The van der Waals surface area contributed by atoms with E-state index in [-0.39, 0.29) is 11.8 Å². The Morgan fingerprint density at radius 1 is 1.17 bits per heavy atom. The number of H-pyrrole nitrogens is 1. The van der Waals surface area contributed by atoms with Crippen LogP contribution >= 0.6 is 0 Å². The van der Waals surface area contributed by atoms with E-state index in [1.165, 1.54) is 0 Å². The predicted octanol–water partition coefficient (Wildman–Crippen LogP) is 3.19. The molecule has 0 bridgehead atoms. The monoisotopic (exact) mass is 389 g/mol. The molecule has 0 unspecified atom stereocenters. The zero-order valence-corrected chi connectivity index (χ0v) is 16.5. The van der Waals surface area contributed by atoms with Crippen molar-refractivity contribution in [2.45, 2.75) is 12.8 Å². The Labute approximate surface area is 168 Å². The van der Waals surface area contributed by atoms with Crippen molar-refractivity contribution in [2.24, 2.45) is 5.10 Å². The van der Waals surface area contributed by atoms with Gasteiger partial charge < -0.3 is 15.2 Å². The summed E-state index contributed by atoms with van der Waals surface area (Å²) in [5.41, 5.74) is 7.13. The zero-order valence-electron chi connectivity index (χ0n) is 16.5. The first-order chi connectivity index (χ1) is 14.0. The quantitative estimate of drug-likeness (QED) is 0.605. The zero-order chi connectivity index (χ0) is 20.4. The van der Waals surface area contributed by atoms with Crippen molar-refractivity contribution in [3.63, 3.8) is 0 Å². The Hall–Kier alpha value is -3.45. The highest BCUT2D eigenvalue weighted by Gasteiger charge is 2.22. The highest BCUT2D eigenvalue weighted by molar-refractivity contribution is 6.18. The maximum atomic E-state index is 12.6. The van der Waals surface area contributed by atoms with Crippen molar-refractivity contribution in [3.8, 4) is 11.3 Å². The van der Waals surface area contributed by atoms with Gasteiger partial charge in [-0.2, -0.15) is 5.10 Å². The van der Waals surface area contributed by atoms with Crippen LogP contribution in [0.4, 0.5) is 5.69 Å². The standard InChI is InChI=1S/C22H23N5O2/c1-27(2)10-6-9-19(28)24-15-11-16-20-17(13-23-26-22(16)29)21(25-18(20)12-15)14-7-4-3-5-8-14/h3-5,7-8,11-13,25H,6,9-10H2,1-2H3,(H,24,28)(H,26,29). The highest BCUT2D eigenvalue weighted by atomic mass is 16.2. The Balaban J connectivity index is 1.72. The van der Waals surface area contributed by atoms with E-state index in [0.29, 0.717) is 17.7 Å². The third kappa shape index (κ3) is 3.90. The molecule has 2 amide bonds. The topological polar surface area (TPSA) is 89.6 Å². The first-order valence-corrected chi connectivity index (χ1v) is 9.56. The molecule has 4 rings (SSSR count). The highest BCUT2D eigenvalue weighted by Crippen LogP contribution is 2.34. The number of amides is 2. The van der Waals surface area contributed by atoms with Crippen molar-refractivity contribution in [2.75, 3.05) is 26.0 Å². The van der Waals surface area contributed by atoms with Crippen LogP contribution in [-0.2, 0) is 4.79 Å². The Bertz CT molecular complexity index is 1100. The molecule has 148 valence electrons. The predicted molar refractivity (Wildman–Crippen MR) is 115 cm³/mol. The SMILES string of the molecule is CN(C)CCCC(=O)Nc1cc2c3c(c(-c4ccccc4)[nH]c3c1)C=NNC2=O. The third-order valence-corrected chi connectivity index (χ3v) is 4.90. The van der Waals surface area contributed by atoms with Crippen molar-refractivity contribution < 1.29 is 9.59 Å². The number of anilines is 1. The molecular formula is C22H23N5O2. The molecule has 0 fully saturated rings. The maximum Gasteiger partial charge on any atom is 0.272 e. The van der Waals surface area contributed by atoms with E-state index in [1.54, 1.807) is 12.3 Å². The molecule has 0 spiro atoms. The van der Waals surface area contributed by atoms with E-state index < -0.39 is 0 Å². The van der Waals surface area contributed by atoms with Crippen LogP contribution in [0, 0.1) is 0 Å². The summed E-state index contributed by atoms with van der Waals surface area (Å²) in [7, 11) is 3.96. The summed E-state index contributed by atoms with van der Waals surface area (Å²) in [6.07, 6.45) is 2.86. The van der Waals surface area contributed by atoms with Gasteiger partial charge in [-0.1, -0.05) is 30.3 Å². The molecule has 1 aliphatic heterocycles. The van der Waals surface area contributed by atoms with Gasteiger partial charge in [-0.05, 0) is 44.8 Å². The molecule has 2 aromatic carbocycles. The number of hydrogen-bond donors (Lipinski definition) is 3. The average molecular weight is 389 g/mol. The molecule has 0 aliphatic carbocycles. The van der Waals surface area contributed by atoms with Crippen LogP contribution in [-0.4, -0.2) is 48.6 Å². The smallest absolute Gasteiger partial charge is 0.272 e. The number of benzene rings is 2. The Kier molecular flexibility index (Phi) is 5.14. The van der Waals surface area contributed by atoms with Gasteiger partial charge in [0.2, 0.25) is 5.91 Å². The van der Waals surface area contributed by atoms with Crippen LogP contribution in [0.1, 0.15) is 28.8 Å². The second kappa shape index (κ2) is 7.89. The van der Waals surface area contributed by atoms with Gasteiger partial charge in [-0.25, -0.2) is 5.43 Å². The maximum absolute atomic E-state index is 12.6. The fourth-order valence-corrected chi connectivity index (χ4v) is 3.57. The van der Waals surface area contributed by atoms with Gasteiger partial charge in [-0.3, -0.25) is 9.59 Å². The van der Waals surface area contributed by atoms with Crippen molar-refractivity contribution in [1.29, 1.82) is 0 Å². The van der Waals surface area contributed by atoms with Gasteiger partial charge >= 0.3 is 0 Å². The van der Waals surface area contributed by atoms with Crippen molar-refractivity contribution >= 4 is 34.6 Å². The number of nitrogens with zero attached hydrogens (tertiary/aromatic N) is 2. The summed E-state index contributed by atoms with van der Waals surface area (Å²) in [5.74, 6) is -0.369. The third-order valence-electron chi connectivity index (χ3n) is 4.90. The van der Waals surface area contributed by atoms with E-state index in [2.05, 4.69) is 20.8 Å². The summed E-state index contributed by atoms with van der Waals surface area (Å²) >= 11 is 0. The molecule has 2 heterocycles. The lowest BCUT2D eigenvalue weighted by Gasteiger charge is -2.10. The number of nitrogens with one attached hydrogen (secondary N) is 3. The van der Waals surface area contributed by atoms with Crippen LogP contribution < -0.4 is 10.7 Å². The number of carbonyl (C=O) groups excluding carboxylic acids is 2. The minimum atomic E-state index is -0.299. The van der Waals surface area contributed by atoms with E-state index in [9.17, 15) is 9.59 Å². The first kappa shape index (κ1) is 18.9. The summed E-state index contributed by atoms with van der Waals surface area (Å²) in [5, 5.41) is 7.78. The van der Waals surface area contributed by atoms with Gasteiger partial charge in [-0.15, -0.1) is 0 Å². The van der Waals surface area contributed by atoms with Gasteiger partial charge in [0.25, 0.3) is 5.91 Å². The van der Waals surface area contributed by atoms with E-state index >= 15 is 0 Å². The van der Waals surface area contributed by atoms with Gasteiger partial charge in [0.15, 0.2) is 0 Å². The molecule has 1 aromatic heterocycles. The summed E-state index contributed by atoms with van der Waals surface area (Å²) in [4.78, 5) is 30.3. The number of aromatic nitrogens is 1. The van der Waals surface area contributed by atoms with E-state index in [4.69, 9.17) is 0 Å². The van der Waals surface area contributed by atoms with Gasteiger partial charge in [0.05, 0.1) is 17.5 Å². The normalized spacial score (nSPS) is 12.9. The molecule has 7 heteroatoms. The number of rotatable bonds is 6. The summed E-state index contributed by atoms with van der Waals surface area (Å²) < 4.78 is 0. The molecule has 0 saturated carbocycles.